The molecule has 0 amide bonds. The van der Waals surface area contributed by atoms with Gasteiger partial charge in [0.25, 0.3) is 0 Å². The summed E-state index contributed by atoms with van der Waals surface area (Å²) in [7, 11) is 1.42. The maximum Gasteiger partial charge on any atom is 0.246 e. The van der Waals surface area contributed by atoms with Crippen LogP contribution in [0.4, 0.5) is 8.78 Å². The second-order valence-corrected chi connectivity index (χ2v) is 3.62. The zero-order valence-corrected chi connectivity index (χ0v) is 9.28. The van der Waals surface area contributed by atoms with E-state index in [0.29, 0.717) is 22.8 Å². The normalized spacial score (nSPS) is 15.1. The van der Waals surface area contributed by atoms with Crippen LogP contribution in [0.25, 0.3) is 0 Å². The molecule has 0 aliphatic carbocycles. The lowest BCUT2D eigenvalue weighted by Crippen LogP contribution is -2.20. The molecule has 4 nitrogen and oxygen atoms in total. The number of halogens is 2. The van der Waals surface area contributed by atoms with Crippen molar-refractivity contribution in [1.29, 1.82) is 0 Å². The third kappa shape index (κ3) is 2.12. The average molecular weight is 245 g/mol. The number of nitrogens with two attached hydrogens (primary N) is 1. The SMILES string of the molecule is COc1cc2c(cc1C(CN)C(F)F)OCO2. The molecule has 1 unspecified atom stereocenters. The minimum Gasteiger partial charge on any atom is -0.496 e. The Morgan fingerprint density at radius 2 is 2.00 bits per heavy atom. The Morgan fingerprint density at radius 1 is 1.35 bits per heavy atom. The standard InChI is InChI=1S/C11H13F2NO3/c1-15-8-3-10-9(16-5-17-10)2-6(8)7(4-14)11(12)13/h2-3,7,11H,4-5,14H2,1H3. The van der Waals surface area contributed by atoms with Gasteiger partial charge in [0, 0.05) is 18.2 Å². The number of hydrogen-bond donors (Lipinski definition) is 1. The summed E-state index contributed by atoms with van der Waals surface area (Å²) in [5.41, 5.74) is 5.71. The largest absolute Gasteiger partial charge is 0.496 e. The van der Waals surface area contributed by atoms with Gasteiger partial charge in [-0.25, -0.2) is 8.78 Å². The summed E-state index contributed by atoms with van der Waals surface area (Å²) >= 11 is 0. The monoisotopic (exact) mass is 245 g/mol. The zero-order valence-electron chi connectivity index (χ0n) is 9.28. The van der Waals surface area contributed by atoms with Crippen molar-refractivity contribution in [2.45, 2.75) is 12.3 Å². The fraction of sp³-hybridized carbons (Fsp3) is 0.455. The van der Waals surface area contributed by atoms with Gasteiger partial charge in [-0.3, -0.25) is 0 Å². The molecule has 0 radical (unpaired) electrons. The number of alkyl halides is 2. The number of rotatable bonds is 4. The molecule has 0 saturated carbocycles. The van der Waals surface area contributed by atoms with Crippen LogP contribution in [0.3, 0.4) is 0 Å². The second-order valence-electron chi connectivity index (χ2n) is 3.62. The van der Waals surface area contributed by atoms with Crippen molar-refractivity contribution in [1.82, 2.24) is 0 Å². The Morgan fingerprint density at radius 3 is 2.53 bits per heavy atom. The Labute approximate surface area is 97.3 Å². The smallest absolute Gasteiger partial charge is 0.246 e. The van der Waals surface area contributed by atoms with Crippen molar-refractivity contribution in [3.63, 3.8) is 0 Å². The molecule has 2 N–H and O–H groups in total. The molecule has 0 spiro atoms. The maximum atomic E-state index is 12.8. The fourth-order valence-corrected chi connectivity index (χ4v) is 1.77. The molecule has 0 aromatic heterocycles. The lowest BCUT2D eigenvalue weighted by atomic mass is 9.98. The predicted octanol–water partition coefficient (Wildman–Crippen LogP) is 1.73. The molecule has 1 aliphatic heterocycles. The van der Waals surface area contributed by atoms with Gasteiger partial charge in [0.15, 0.2) is 11.5 Å². The fourth-order valence-electron chi connectivity index (χ4n) is 1.77. The molecule has 0 saturated heterocycles. The van der Waals surface area contributed by atoms with E-state index in [2.05, 4.69) is 0 Å². The van der Waals surface area contributed by atoms with Crippen molar-refractivity contribution >= 4 is 0 Å². The van der Waals surface area contributed by atoms with E-state index in [9.17, 15) is 8.78 Å². The molecule has 0 fully saturated rings. The Balaban J connectivity index is 2.44. The first-order valence-corrected chi connectivity index (χ1v) is 5.13. The van der Waals surface area contributed by atoms with Crippen LogP contribution in [0.5, 0.6) is 17.2 Å². The molecule has 0 bridgehead atoms. The molecule has 1 aromatic carbocycles. The van der Waals surface area contributed by atoms with E-state index in [1.807, 2.05) is 0 Å². The van der Waals surface area contributed by atoms with E-state index in [4.69, 9.17) is 19.9 Å². The highest BCUT2D eigenvalue weighted by molar-refractivity contribution is 5.53. The van der Waals surface area contributed by atoms with E-state index in [1.165, 1.54) is 13.2 Å². The van der Waals surface area contributed by atoms with Gasteiger partial charge in [0.2, 0.25) is 13.2 Å². The summed E-state index contributed by atoms with van der Waals surface area (Å²) in [5, 5.41) is 0. The Kier molecular flexibility index (Phi) is 3.33. The van der Waals surface area contributed by atoms with Crippen LogP contribution >= 0.6 is 0 Å². The van der Waals surface area contributed by atoms with Gasteiger partial charge in [-0.1, -0.05) is 0 Å². The molecule has 1 atom stereocenters. The summed E-state index contributed by atoms with van der Waals surface area (Å²) in [6, 6.07) is 3.05. The van der Waals surface area contributed by atoms with Crippen LogP contribution in [0.1, 0.15) is 11.5 Å². The number of methoxy groups -OCH3 is 1. The summed E-state index contributed by atoms with van der Waals surface area (Å²) in [6.07, 6.45) is -2.55. The van der Waals surface area contributed by atoms with Gasteiger partial charge in [0.1, 0.15) is 5.75 Å². The molecular weight excluding hydrogens is 232 g/mol. The molecule has 17 heavy (non-hydrogen) atoms. The quantitative estimate of drug-likeness (QED) is 0.877. The number of fused-ring (bicyclic) bond motifs is 1. The van der Waals surface area contributed by atoms with Crippen LogP contribution in [0.2, 0.25) is 0 Å². The Hall–Kier alpha value is -1.56. The van der Waals surface area contributed by atoms with E-state index in [1.54, 1.807) is 6.07 Å². The molecule has 1 heterocycles. The van der Waals surface area contributed by atoms with E-state index in [0.717, 1.165) is 0 Å². The highest BCUT2D eigenvalue weighted by Gasteiger charge is 2.27. The lowest BCUT2D eigenvalue weighted by Gasteiger charge is -2.17. The molecule has 94 valence electrons. The van der Waals surface area contributed by atoms with Crippen LogP contribution < -0.4 is 19.9 Å². The van der Waals surface area contributed by atoms with Gasteiger partial charge >= 0.3 is 0 Å². The van der Waals surface area contributed by atoms with Gasteiger partial charge in [-0.2, -0.15) is 0 Å². The van der Waals surface area contributed by atoms with E-state index >= 15 is 0 Å². The van der Waals surface area contributed by atoms with Crippen molar-refractivity contribution < 1.29 is 23.0 Å². The average Bonchev–Trinajstić information content (AvgIpc) is 2.75. The first-order chi connectivity index (χ1) is 8.17. The van der Waals surface area contributed by atoms with Crippen molar-refractivity contribution in [3.05, 3.63) is 17.7 Å². The van der Waals surface area contributed by atoms with Crippen LogP contribution in [0.15, 0.2) is 12.1 Å². The molecule has 2 rings (SSSR count). The summed E-state index contributed by atoms with van der Waals surface area (Å²) in [6.45, 7) is -0.0718. The third-order valence-electron chi connectivity index (χ3n) is 2.68. The van der Waals surface area contributed by atoms with Crippen molar-refractivity contribution in [2.75, 3.05) is 20.4 Å². The van der Waals surface area contributed by atoms with Gasteiger partial charge in [-0.15, -0.1) is 0 Å². The first kappa shape index (κ1) is 11.9. The lowest BCUT2D eigenvalue weighted by molar-refractivity contribution is 0.115. The summed E-state index contributed by atoms with van der Waals surface area (Å²) < 4.78 is 41.1. The Bertz CT molecular complexity index is 412. The first-order valence-electron chi connectivity index (χ1n) is 5.13. The topological polar surface area (TPSA) is 53.7 Å². The summed E-state index contributed by atoms with van der Waals surface area (Å²) in [4.78, 5) is 0. The van der Waals surface area contributed by atoms with Crippen LogP contribution in [-0.4, -0.2) is 26.9 Å². The number of benzene rings is 1. The van der Waals surface area contributed by atoms with Gasteiger partial charge < -0.3 is 19.9 Å². The summed E-state index contributed by atoms with van der Waals surface area (Å²) in [5.74, 6) is 0.208. The zero-order chi connectivity index (χ0) is 12.4. The highest BCUT2D eigenvalue weighted by Crippen LogP contribution is 2.41. The maximum absolute atomic E-state index is 12.8. The molecular formula is C11H13F2NO3. The minimum absolute atomic E-state index is 0.0872. The van der Waals surface area contributed by atoms with Crippen molar-refractivity contribution in [2.24, 2.45) is 5.73 Å². The van der Waals surface area contributed by atoms with Crippen LogP contribution in [-0.2, 0) is 0 Å². The van der Waals surface area contributed by atoms with Crippen molar-refractivity contribution in [3.8, 4) is 17.2 Å². The number of ether oxygens (including phenoxy) is 3. The van der Waals surface area contributed by atoms with Crippen LogP contribution in [0, 0.1) is 0 Å². The number of hydrogen-bond acceptors (Lipinski definition) is 4. The molecule has 1 aliphatic rings. The molecule has 6 heteroatoms. The molecule has 1 aromatic rings. The minimum atomic E-state index is -2.55. The predicted molar refractivity (Wildman–Crippen MR) is 56.9 cm³/mol. The van der Waals surface area contributed by atoms with Gasteiger partial charge in [-0.05, 0) is 6.07 Å². The second kappa shape index (κ2) is 4.75. The van der Waals surface area contributed by atoms with E-state index < -0.39 is 12.3 Å². The highest BCUT2D eigenvalue weighted by atomic mass is 19.3. The van der Waals surface area contributed by atoms with E-state index in [-0.39, 0.29) is 13.3 Å². The van der Waals surface area contributed by atoms with Gasteiger partial charge in [0.05, 0.1) is 13.0 Å². The third-order valence-corrected chi connectivity index (χ3v) is 2.68.